The first-order valence-electron chi connectivity index (χ1n) is 7.47. The second-order valence-electron chi connectivity index (χ2n) is 5.07. The number of carbonyl (C=O) groups is 2. The molecule has 1 aromatic carbocycles. The van der Waals surface area contributed by atoms with Gasteiger partial charge in [-0.2, -0.15) is 0 Å². The summed E-state index contributed by atoms with van der Waals surface area (Å²) in [6, 6.07) is 7.12. The lowest BCUT2D eigenvalue weighted by Gasteiger charge is -2.12. The van der Waals surface area contributed by atoms with Crippen LogP contribution in [0, 0.1) is 0 Å². The van der Waals surface area contributed by atoms with Crippen LogP contribution >= 0.6 is 31.9 Å². The smallest absolute Gasteiger partial charge is 0.238 e. The second-order valence-corrected chi connectivity index (χ2v) is 7.28. The van der Waals surface area contributed by atoms with Gasteiger partial charge in [-0.15, -0.1) is 0 Å². The summed E-state index contributed by atoms with van der Waals surface area (Å²) >= 11 is 6.73. The lowest BCUT2D eigenvalue weighted by Crippen LogP contribution is -2.23. The van der Waals surface area contributed by atoms with E-state index < -0.39 is 0 Å². The highest BCUT2D eigenvalue weighted by molar-refractivity contribution is 9.10. The summed E-state index contributed by atoms with van der Waals surface area (Å²) in [7, 11) is 0. The van der Waals surface area contributed by atoms with Gasteiger partial charge in [-0.1, -0.05) is 58.5 Å². The topological polar surface area (TPSA) is 58.2 Å². The first kappa shape index (κ1) is 19.2. The van der Waals surface area contributed by atoms with Crippen molar-refractivity contribution in [3.05, 3.63) is 24.3 Å². The first-order valence-corrected chi connectivity index (χ1v) is 9.31. The number of anilines is 2. The second kappa shape index (κ2) is 10.0. The van der Waals surface area contributed by atoms with E-state index >= 15 is 0 Å². The van der Waals surface area contributed by atoms with Crippen molar-refractivity contribution < 1.29 is 9.59 Å². The fourth-order valence-corrected chi connectivity index (χ4v) is 2.99. The average Bonchev–Trinajstić information content (AvgIpc) is 2.49. The molecule has 0 aliphatic rings. The molecule has 2 atom stereocenters. The monoisotopic (exact) mass is 432 g/mol. The maximum atomic E-state index is 11.9. The number of hydrogen-bond acceptors (Lipinski definition) is 2. The maximum Gasteiger partial charge on any atom is 0.238 e. The molecule has 0 aromatic heterocycles. The van der Waals surface area contributed by atoms with Crippen molar-refractivity contribution in [3.8, 4) is 0 Å². The van der Waals surface area contributed by atoms with E-state index in [0.29, 0.717) is 11.4 Å². The molecule has 0 aliphatic carbocycles. The molecular formula is C16H22Br2N2O2. The predicted molar refractivity (Wildman–Crippen MR) is 98.9 cm³/mol. The number of halogens is 2. The molecule has 0 heterocycles. The van der Waals surface area contributed by atoms with Gasteiger partial charge in [-0.25, -0.2) is 0 Å². The Morgan fingerprint density at radius 1 is 0.864 bits per heavy atom. The Labute approximate surface area is 148 Å². The summed E-state index contributed by atoms with van der Waals surface area (Å²) in [5.74, 6) is -0.107. The lowest BCUT2D eigenvalue weighted by atomic mass is 10.2. The molecule has 0 aliphatic heterocycles. The largest absolute Gasteiger partial charge is 0.325 e. The van der Waals surface area contributed by atoms with Crippen LogP contribution in [0.25, 0.3) is 0 Å². The molecule has 2 N–H and O–H groups in total. The zero-order chi connectivity index (χ0) is 16.5. The third-order valence-corrected chi connectivity index (χ3v) is 4.82. The highest BCUT2D eigenvalue weighted by Gasteiger charge is 2.15. The summed E-state index contributed by atoms with van der Waals surface area (Å²) in [6.45, 7) is 4.07. The molecule has 1 rings (SSSR count). The van der Waals surface area contributed by atoms with E-state index in [1.54, 1.807) is 24.3 Å². The van der Waals surface area contributed by atoms with E-state index in [2.05, 4.69) is 42.5 Å². The minimum Gasteiger partial charge on any atom is -0.325 e. The van der Waals surface area contributed by atoms with Crippen LogP contribution in [0.3, 0.4) is 0 Å². The molecule has 1 aromatic rings. The summed E-state index contributed by atoms with van der Waals surface area (Å²) < 4.78 is 0. The maximum absolute atomic E-state index is 11.9. The van der Waals surface area contributed by atoms with Crippen LogP contribution in [0.1, 0.15) is 39.5 Å². The lowest BCUT2D eigenvalue weighted by molar-refractivity contribution is -0.116. The van der Waals surface area contributed by atoms with Crippen LogP contribution in [0.2, 0.25) is 0 Å². The zero-order valence-electron chi connectivity index (χ0n) is 12.9. The Bertz CT molecular complexity index is 446. The number of carbonyl (C=O) groups excluding carboxylic acids is 2. The Kier molecular flexibility index (Phi) is 8.71. The molecule has 22 heavy (non-hydrogen) atoms. The Balaban J connectivity index is 2.56. The Hall–Kier alpha value is -0.880. The van der Waals surface area contributed by atoms with Crippen molar-refractivity contribution in [2.24, 2.45) is 0 Å². The molecule has 0 unspecified atom stereocenters. The number of hydrogen-bond donors (Lipinski definition) is 2. The third-order valence-electron chi connectivity index (χ3n) is 3.07. The standard InChI is InChI=1S/C16H22Br2N2O2/c1-3-5-13(17)15(21)19-11-7-9-12(10-8-11)20-16(22)14(18)6-4-2/h7-10,13-14H,3-6H2,1-2H3,(H,19,21)(H,20,22)/t13-,14-/m1/s1. The molecule has 0 spiro atoms. The van der Waals surface area contributed by atoms with Gasteiger partial charge in [0.15, 0.2) is 0 Å². The number of nitrogens with one attached hydrogen (secondary N) is 2. The summed E-state index contributed by atoms with van der Waals surface area (Å²) in [5.41, 5.74) is 1.43. The van der Waals surface area contributed by atoms with Gasteiger partial charge in [0, 0.05) is 11.4 Å². The molecular weight excluding hydrogens is 412 g/mol. The fourth-order valence-electron chi connectivity index (χ4n) is 1.85. The number of amides is 2. The van der Waals surface area contributed by atoms with Crippen LogP contribution in [0.4, 0.5) is 11.4 Å². The predicted octanol–water partition coefficient (Wildman–Crippen LogP) is 4.69. The van der Waals surface area contributed by atoms with E-state index in [0.717, 1.165) is 25.7 Å². The molecule has 0 radical (unpaired) electrons. The molecule has 0 saturated heterocycles. The fraction of sp³-hybridized carbons (Fsp3) is 0.500. The molecule has 4 nitrogen and oxygen atoms in total. The highest BCUT2D eigenvalue weighted by Crippen LogP contribution is 2.18. The molecule has 0 saturated carbocycles. The van der Waals surface area contributed by atoms with Crippen LogP contribution in [-0.4, -0.2) is 21.5 Å². The van der Waals surface area contributed by atoms with Gasteiger partial charge in [0.1, 0.15) is 0 Å². The van der Waals surface area contributed by atoms with Crippen molar-refractivity contribution in [2.75, 3.05) is 10.6 Å². The van der Waals surface area contributed by atoms with E-state index in [9.17, 15) is 9.59 Å². The van der Waals surface area contributed by atoms with Gasteiger partial charge in [0.05, 0.1) is 9.65 Å². The Morgan fingerprint density at radius 2 is 1.18 bits per heavy atom. The van der Waals surface area contributed by atoms with Gasteiger partial charge >= 0.3 is 0 Å². The van der Waals surface area contributed by atoms with E-state index in [4.69, 9.17) is 0 Å². The van der Waals surface area contributed by atoms with Gasteiger partial charge in [-0.05, 0) is 37.1 Å². The molecule has 0 fully saturated rings. The quantitative estimate of drug-likeness (QED) is 0.584. The van der Waals surface area contributed by atoms with Crippen molar-refractivity contribution >= 4 is 55.0 Å². The molecule has 0 bridgehead atoms. The van der Waals surface area contributed by atoms with Gasteiger partial charge in [0.2, 0.25) is 11.8 Å². The molecule has 6 heteroatoms. The SMILES string of the molecule is CCC[C@@H](Br)C(=O)Nc1ccc(NC(=O)[C@H](Br)CCC)cc1. The van der Waals surface area contributed by atoms with E-state index in [-0.39, 0.29) is 21.5 Å². The summed E-state index contributed by atoms with van der Waals surface area (Å²) in [6.07, 6.45) is 3.48. The van der Waals surface area contributed by atoms with Crippen LogP contribution in [0.15, 0.2) is 24.3 Å². The Morgan fingerprint density at radius 3 is 1.45 bits per heavy atom. The number of benzene rings is 1. The normalized spacial score (nSPS) is 13.3. The molecule has 122 valence electrons. The van der Waals surface area contributed by atoms with E-state index in [1.165, 1.54) is 0 Å². The van der Waals surface area contributed by atoms with Gasteiger partial charge < -0.3 is 10.6 Å². The van der Waals surface area contributed by atoms with E-state index in [1.807, 2.05) is 13.8 Å². The molecule has 2 amide bonds. The number of alkyl halides is 2. The highest BCUT2D eigenvalue weighted by atomic mass is 79.9. The van der Waals surface area contributed by atoms with Gasteiger partial charge in [-0.3, -0.25) is 9.59 Å². The zero-order valence-corrected chi connectivity index (χ0v) is 16.0. The van der Waals surface area contributed by atoms with Crippen molar-refractivity contribution in [1.29, 1.82) is 0 Å². The van der Waals surface area contributed by atoms with Crippen LogP contribution < -0.4 is 10.6 Å². The first-order chi connectivity index (χ1) is 10.5. The minimum atomic E-state index is -0.180. The third kappa shape index (κ3) is 6.48. The van der Waals surface area contributed by atoms with Crippen molar-refractivity contribution in [3.63, 3.8) is 0 Å². The minimum absolute atomic E-state index is 0.0536. The van der Waals surface area contributed by atoms with Crippen molar-refractivity contribution in [1.82, 2.24) is 0 Å². The number of rotatable bonds is 8. The van der Waals surface area contributed by atoms with Crippen molar-refractivity contribution in [2.45, 2.75) is 49.2 Å². The van der Waals surface area contributed by atoms with Crippen LogP contribution in [-0.2, 0) is 9.59 Å². The summed E-state index contributed by atoms with van der Waals surface area (Å²) in [4.78, 5) is 23.4. The average molecular weight is 434 g/mol. The summed E-state index contributed by atoms with van der Waals surface area (Å²) in [5, 5.41) is 5.68. The van der Waals surface area contributed by atoms with Crippen LogP contribution in [0.5, 0.6) is 0 Å². The van der Waals surface area contributed by atoms with Gasteiger partial charge in [0.25, 0.3) is 0 Å².